The van der Waals surface area contributed by atoms with Crippen molar-refractivity contribution in [2.75, 3.05) is 0 Å². The van der Waals surface area contributed by atoms with E-state index < -0.39 is 0 Å². The van der Waals surface area contributed by atoms with Gasteiger partial charge >= 0.3 is 0 Å². The largest absolute Gasteiger partial charge is 0.324 e. The SMILES string of the molecule is NC(Cc1csc2ccccc12)c1ccccc1. The highest BCUT2D eigenvalue weighted by molar-refractivity contribution is 7.17. The minimum absolute atomic E-state index is 0.0733. The Balaban J connectivity index is 1.89. The Morgan fingerprint density at radius 1 is 0.944 bits per heavy atom. The molecule has 0 saturated heterocycles. The second-order valence-electron chi connectivity index (χ2n) is 4.48. The van der Waals surface area contributed by atoms with Gasteiger partial charge in [0.05, 0.1) is 0 Å². The molecule has 1 aromatic heterocycles. The van der Waals surface area contributed by atoms with Gasteiger partial charge in [0.2, 0.25) is 0 Å². The average Bonchev–Trinajstić information content (AvgIpc) is 2.83. The van der Waals surface area contributed by atoms with Gasteiger partial charge in [-0.05, 0) is 34.4 Å². The summed E-state index contributed by atoms with van der Waals surface area (Å²) in [6, 6.07) is 18.9. The molecule has 2 aromatic carbocycles. The van der Waals surface area contributed by atoms with Crippen LogP contribution in [0.25, 0.3) is 10.1 Å². The van der Waals surface area contributed by atoms with Crippen molar-refractivity contribution in [1.82, 2.24) is 0 Å². The van der Waals surface area contributed by atoms with Gasteiger partial charge in [-0.15, -0.1) is 11.3 Å². The first-order valence-corrected chi connectivity index (χ1v) is 6.98. The van der Waals surface area contributed by atoms with Gasteiger partial charge in [0.1, 0.15) is 0 Å². The lowest BCUT2D eigenvalue weighted by Crippen LogP contribution is -2.12. The molecule has 0 fully saturated rings. The van der Waals surface area contributed by atoms with Gasteiger partial charge in [-0.3, -0.25) is 0 Å². The number of thiophene rings is 1. The molecule has 0 radical (unpaired) electrons. The highest BCUT2D eigenvalue weighted by Crippen LogP contribution is 2.28. The van der Waals surface area contributed by atoms with Crippen LogP contribution in [-0.4, -0.2) is 0 Å². The van der Waals surface area contributed by atoms with Crippen LogP contribution in [0.3, 0.4) is 0 Å². The molecule has 1 nitrogen and oxygen atoms in total. The van der Waals surface area contributed by atoms with Crippen molar-refractivity contribution in [3.63, 3.8) is 0 Å². The van der Waals surface area contributed by atoms with Crippen LogP contribution in [0, 0.1) is 0 Å². The zero-order valence-corrected chi connectivity index (χ0v) is 10.9. The fourth-order valence-corrected chi connectivity index (χ4v) is 3.22. The molecule has 3 rings (SSSR count). The third kappa shape index (κ3) is 2.17. The van der Waals surface area contributed by atoms with E-state index in [0.717, 1.165) is 6.42 Å². The molecule has 1 atom stereocenters. The van der Waals surface area contributed by atoms with Gasteiger partial charge in [-0.2, -0.15) is 0 Å². The van der Waals surface area contributed by atoms with Crippen LogP contribution < -0.4 is 5.73 Å². The van der Waals surface area contributed by atoms with Crippen molar-refractivity contribution >= 4 is 21.4 Å². The molecule has 0 aliphatic carbocycles. The van der Waals surface area contributed by atoms with E-state index in [1.807, 2.05) is 18.2 Å². The summed E-state index contributed by atoms with van der Waals surface area (Å²) in [7, 11) is 0. The van der Waals surface area contributed by atoms with Crippen molar-refractivity contribution < 1.29 is 0 Å². The monoisotopic (exact) mass is 253 g/mol. The summed E-state index contributed by atoms with van der Waals surface area (Å²) in [5.41, 5.74) is 8.84. The van der Waals surface area contributed by atoms with E-state index in [1.54, 1.807) is 11.3 Å². The minimum Gasteiger partial charge on any atom is -0.324 e. The molecule has 0 aliphatic rings. The fourth-order valence-electron chi connectivity index (χ4n) is 2.25. The highest BCUT2D eigenvalue weighted by atomic mass is 32.1. The number of rotatable bonds is 3. The van der Waals surface area contributed by atoms with Crippen LogP contribution in [0.1, 0.15) is 17.2 Å². The van der Waals surface area contributed by atoms with E-state index >= 15 is 0 Å². The first kappa shape index (κ1) is 11.5. The standard InChI is InChI=1S/C16H15NS/c17-15(12-6-2-1-3-7-12)10-13-11-18-16-9-5-4-8-14(13)16/h1-9,11,15H,10,17H2. The van der Waals surface area contributed by atoms with Crippen LogP contribution in [-0.2, 0) is 6.42 Å². The van der Waals surface area contributed by atoms with Gasteiger partial charge in [-0.25, -0.2) is 0 Å². The van der Waals surface area contributed by atoms with Crippen molar-refractivity contribution in [3.8, 4) is 0 Å². The normalized spacial score (nSPS) is 12.7. The van der Waals surface area contributed by atoms with Gasteiger partial charge in [0.15, 0.2) is 0 Å². The number of nitrogens with two attached hydrogens (primary N) is 1. The van der Waals surface area contributed by atoms with Crippen LogP contribution in [0.4, 0.5) is 0 Å². The van der Waals surface area contributed by atoms with Crippen molar-refractivity contribution in [1.29, 1.82) is 0 Å². The summed E-state index contributed by atoms with van der Waals surface area (Å²) in [6.07, 6.45) is 0.897. The first-order valence-electron chi connectivity index (χ1n) is 6.10. The maximum atomic E-state index is 6.28. The van der Waals surface area contributed by atoms with E-state index in [2.05, 4.69) is 41.8 Å². The molecule has 0 amide bonds. The Hall–Kier alpha value is -1.64. The Morgan fingerprint density at radius 2 is 1.67 bits per heavy atom. The molecule has 1 unspecified atom stereocenters. The molecular formula is C16H15NS. The molecule has 90 valence electrons. The van der Waals surface area contributed by atoms with E-state index in [-0.39, 0.29) is 6.04 Å². The number of hydrogen-bond donors (Lipinski definition) is 1. The van der Waals surface area contributed by atoms with E-state index in [1.165, 1.54) is 21.2 Å². The second kappa shape index (κ2) is 4.92. The molecule has 2 N–H and O–H groups in total. The third-order valence-corrected chi connectivity index (χ3v) is 4.24. The molecule has 0 aliphatic heterocycles. The summed E-state index contributed by atoms with van der Waals surface area (Å²) in [4.78, 5) is 0. The zero-order valence-electron chi connectivity index (χ0n) is 10.0. The number of benzene rings is 2. The maximum absolute atomic E-state index is 6.28. The summed E-state index contributed by atoms with van der Waals surface area (Å²) in [5.74, 6) is 0. The fraction of sp³-hybridized carbons (Fsp3) is 0.125. The minimum atomic E-state index is 0.0733. The first-order chi connectivity index (χ1) is 8.84. The van der Waals surface area contributed by atoms with Crippen LogP contribution >= 0.6 is 11.3 Å². The van der Waals surface area contributed by atoms with Crippen molar-refractivity contribution in [3.05, 3.63) is 71.1 Å². The summed E-state index contributed by atoms with van der Waals surface area (Å²) in [6.45, 7) is 0. The third-order valence-electron chi connectivity index (χ3n) is 3.23. The molecule has 0 saturated carbocycles. The summed E-state index contributed by atoms with van der Waals surface area (Å²) < 4.78 is 1.34. The lowest BCUT2D eigenvalue weighted by atomic mass is 9.99. The Morgan fingerprint density at radius 3 is 2.50 bits per heavy atom. The molecule has 0 bridgehead atoms. The molecule has 18 heavy (non-hydrogen) atoms. The van der Waals surface area contributed by atoms with Crippen LogP contribution in [0.15, 0.2) is 60.0 Å². The molecular weight excluding hydrogens is 238 g/mol. The van der Waals surface area contributed by atoms with E-state index in [9.17, 15) is 0 Å². The molecule has 0 spiro atoms. The van der Waals surface area contributed by atoms with Crippen LogP contribution in [0.2, 0.25) is 0 Å². The summed E-state index contributed by atoms with van der Waals surface area (Å²) >= 11 is 1.80. The molecule has 2 heteroatoms. The lowest BCUT2D eigenvalue weighted by Gasteiger charge is -2.11. The Bertz CT molecular complexity index is 642. The number of hydrogen-bond acceptors (Lipinski definition) is 2. The van der Waals surface area contributed by atoms with Gasteiger partial charge in [0.25, 0.3) is 0 Å². The maximum Gasteiger partial charge on any atom is 0.0345 e. The number of fused-ring (bicyclic) bond motifs is 1. The Labute approximate surface area is 111 Å². The lowest BCUT2D eigenvalue weighted by molar-refractivity contribution is 0.727. The quantitative estimate of drug-likeness (QED) is 0.745. The van der Waals surface area contributed by atoms with Crippen molar-refractivity contribution in [2.24, 2.45) is 5.73 Å². The summed E-state index contributed by atoms with van der Waals surface area (Å²) in [5, 5.41) is 3.57. The van der Waals surface area contributed by atoms with Crippen molar-refractivity contribution in [2.45, 2.75) is 12.5 Å². The smallest absolute Gasteiger partial charge is 0.0345 e. The van der Waals surface area contributed by atoms with Crippen LogP contribution in [0.5, 0.6) is 0 Å². The topological polar surface area (TPSA) is 26.0 Å². The van der Waals surface area contributed by atoms with Gasteiger partial charge in [-0.1, -0.05) is 48.5 Å². The zero-order chi connectivity index (χ0) is 12.4. The van der Waals surface area contributed by atoms with E-state index in [4.69, 9.17) is 5.73 Å². The van der Waals surface area contributed by atoms with E-state index in [0.29, 0.717) is 0 Å². The predicted octanol–water partition coefficient (Wildman–Crippen LogP) is 4.14. The molecule has 1 heterocycles. The average molecular weight is 253 g/mol. The predicted molar refractivity (Wildman–Crippen MR) is 78.9 cm³/mol. The Kier molecular flexibility index (Phi) is 3.13. The van der Waals surface area contributed by atoms with Gasteiger partial charge < -0.3 is 5.73 Å². The highest BCUT2D eigenvalue weighted by Gasteiger charge is 2.10. The second-order valence-corrected chi connectivity index (χ2v) is 5.39. The molecule has 3 aromatic rings. The van der Waals surface area contributed by atoms with Gasteiger partial charge in [0, 0.05) is 10.7 Å².